The molecule has 2 rings (SSSR count). The van der Waals surface area contributed by atoms with E-state index in [2.05, 4.69) is 0 Å². The molecule has 2 N–H and O–H groups in total. The molecule has 132 valence electrons. The van der Waals surface area contributed by atoms with Gasteiger partial charge in [-0.05, 0) is 42.3 Å². The number of hydrogen-bond acceptors (Lipinski definition) is 3. The Labute approximate surface area is 146 Å². The van der Waals surface area contributed by atoms with Gasteiger partial charge in [0.1, 0.15) is 11.6 Å². The van der Waals surface area contributed by atoms with E-state index in [4.69, 9.17) is 10.5 Å². The summed E-state index contributed by atoms with van der Waals surface area (Å²) in [5, 5.41) is 0. The van der Waals surface area contributed by atoms with E-state index in [0.717, 1.165) is 12.0 Å². The second-order valence-corrected chi connectivity index (χ2v) is 5.49. The topological polar surface area (TPSA) is 72.6 Å². The van der Waals surface area contributed by atoms with Crippen LogP contribution in [0.4, 0.5) is 10.1 Å². The van der Waals surface area contributed by atoms with E-state index in [0.29, 0.717) is 11.4 Å². The molecule has 0 radical (unpaired) electrons. The third-order valence-electron chi connectivity index (χ3n) is 3.73. The molecule has 2 aromatic rings. The largest absolute Gasteiger partial charge is 0.483 e. The third kappa shape index (κ3) is 5.31. The lowest BCUT2D eigenvalue weighted by Gasteiger charge is -2.22. The SMILES string of the molecule is CCc1ccccc1OCC(=O)N(CCC(N)=O)c1ccc(F)cc1. The van der Waals surface area contributed by atoms with E-state index >= 15 is 0 Å². The van der Waals surface area contributed by atoms with Gasteiger partial charge in [-0.1, -0.05) is 25.1 Å². The highest BCUT2D eigenvalue weighted by atomic mass is 19.1. The quantitative estimate of drug-likeness (QED) is 0.800. The summed E-state index contributed by atoms with van der Waals surface area (Å²) in [6, 6.07) is 13.0. The smallest absolute Gasteiger partial charge is 0.264 e. The number of anilines is 1. The van der Waals surface area contributed by atoms with Crippen LogP contribution in [0.5, 0.6) is 5.75 Å². The third-order valence-corrected chi connectivity index (χ3v) is 3.73. The highest BCUT2D eigenvalue weighted by Crippen LogP contribution is 2.20. The fourth-order valence-corrected chi connectivity index (χ4v) is 2.39. The van der Waals surface area contributed by atoms with Gasteiger partial charge in [0.15, 0.2) is 6.61 Å². The van der Waals surface area contributed by atoms with Crippen LogP contribution in [0.3, 0.4) is 0 Å². The molecule has 6 heteroatoms. The number of carbonyl (C=O) groups excluding carboxylic acids is 2. The number of halogens is 1. The van der Waals surface area contributed by atoms with Crippen molar-refractivity contribution < 1.29 is 18.7 Å². The summed E-state index contributed by atoms with van der Waals surface area (Å²) in [5.41, 5.74) is 6.66. The van der Waals surface area contributed by atoms with Crippen LogP contribution in [0.25, 0.3) is 0 Å². The molecule has 2 amide bonds. The summed E-state index contributed by atoms with van der Waals surface area (Å²) in [4.78, 5) is 25.0. The lowest BCUT2D eigenvalue weighted by molar-refractivity contribution is -0.120. The van der Waals surface area contributed by atoms with Crippen LogP contribution in [0.2, 0.25) is 0 Å². The van der Waals surface area contributed by atoms with Gasteiger partial charge in [0.25, 0.3) is 5.91 Å². The summed E-state index contributed by atoms with van der Waals surface area (Å²) in [6.07, 6.45) is 0.794. The predicted octanol–water partition coefficient (Wildman–Crippen LogP) is 2.68. The molecular weight excluding hydrogens is 323 g/mol. The fourth-order valence-electron chi connectivity index (χ4n) is 2.39. The molecule has 0 heterocycles. The van der Waals surface area contributed by atoms with Gasteiger partial charge in [-0.2, -0.15) is 0 Å². The molecule has 0 aliphatic heterocycles. The molecule has 5 nitrogen and oxygen atoms in total. The highest BCUT2D eigenvalue weighted by Gasteiger charge is 2.18. The van der Waals surface area contributed by atoms with Crippen LogP contribution in [0.15, 0.2) is 48.5 Å². The second-order valence-electron chi connectivity index (χ2n) is 5.49. The maximum Gasteiger partial charge on any atom is 0.264 e. The van der Waals surface area contributed by atoms with Gasteiger partial charge in [0, 0.05) is 18.7 Å². The van der Waals surface area contributed by atoms with Crippen LogP contribution >= 0.6 is 0 Å². The van der Waals surface area contributed by atoms with Gasteiger partial charge in [0.05, 0.1) is 0 Å². The first-order valence-electron chi connectivity index (χ1n) is 8.06. The van der Waals surface area contributed by atoms with Crippen molar-refractivity contribution in [1.82, 2.24) is 0 Å². The van der Waals surface area contributed by atoms with Crippen molar-refractivity contribution in [3.8, 4) is 5.75 Å². The van der Waals surface area contributed by atoms with E-state index in [1.165, 1.54) is 29.2 Å². The summed E-state index contributed by atoms with van der Waals surface area (Å²) < 4.78 is 18.8. The Morgan fingerprint density at radius 2 is 1.80 bits per heavy atom. The minimum atomic E-state index is -0.517. The summed E-state index contributed by atoms with van der Waals surface area (Å²) in [6.45, 7) is 1.92. The van der Waals surface area contributed by atoms with Crippen LogP contribution in [-0.2, 0) is 16.0 Å². The molecule has 25 heavy (non-hydrogen) atoms. The van der Waals surface area contributed by atoms with Crippen molar-refractivity contribution in [3.05, 3.63) is 59.9 Å². The van der Waals surface area contributed by atoms with E-state index < -0.39 is 11.7 Å². The Kier molecular flexibility index (Phi) is 6.51. The Hall–Kier alpha value is -2.89. The zero-order valence-electron chi connectivity index (χ0n) is 14.1. The van der Waals surface area contributed by atoms with Crippen LogP contribution in [-0.4, -0.2) is 25.0 Å². The molecule has 0 aliphatic carbocycles. The number of nitrogens with zero attached hydrogens (tertiary/aromatic N) is 1. The first kappa shape index (κ1) is 18.4. The number of para-hydroxylation sites is 1. The number of nitrogens with two attached hydrogens (primary N) is 1. The first-order valence-corrected chi connectivity index (χ1v) is 8.06. The Morgan fingerprint density at radius 1 is 1.12 bits per heavy atom. The van der Waals surface area contributed by atoms with Crippen molar-refractivity contribution >= 4 is 17.5 Å². The predicted molar refractivity (Wildman–Crippen MR) is 93.9 cm³/mol. The lowest BCUT2D eigenvalue weighted by Crippen LogP contribution is -2.37. The Bertz CT molecular complexity index is 732. The highest BCUT2D eigenvalue weighted by molar-refractivity contribution is 5.95. The van der Waals surface area contributed by atoms with Crippen LogP contribution in [0.1, 0.15) is 18.9 Å². The molecule has 0 aromatic heterocycles. The number of rotatable bonds is 8. The number of hydrogen-bond donors (Lipinski definition) is 1. The van der Waals surface area contributed by atoms with E-state index in [9.17, 15) is 14.0 Å². The van der Waals surface area contributed by atoms with E-state index in [1.807, 2.05) is 25.1 Å². The van der Waals surface area contributed by atoms with Gasteiger partial charge in [-0.15, -0.1) is 0 Å². The number of amides is 2. The molecule has 0 saturated carbocycles. The number of benzene rings is 2. The zero-order valence-corrected chi connectivity index (χ0v) is 14.1. The molecule has 0 spiro atoms. The van der Waals surface area contributed by atoms with Crippen molar-refractivity contribution in [2.75, 3.05) is 18.1 Å². The molecule has 0 aliphatic rings. The minimum Gasteiger partial charge on any atom is -0.483 e. The van der Waals surface area contributed by atoms with Gasteiger partial charge in [-0.25, -0.2) is 4.39 Å². The lowest BCUT2D eigenvalue weighted by atomic mass is 10.1. The van der Waals surface area contributed by atoms with Crippen molar-refractivity contribution in [2.45, 2.75) is 19.8 Å². The molecule has 0 fully saturated rings. The van der Waals surface area contributed by atoms with Gasteiger partial charge >= 0.3 is 0 Å². The second kappa shape index (κ2) is 8.82. The molecule has 0 bridgehead atoms. The summed E-state index contributed by atoms with van der Waals surface area (Å²) in [7, 11) is 0. The van der Waals surface area contributed by atoms with Crippen molar-refractivity contribution in [1.29, 1.82) is 0 Å². The molecule has 2 aromatic carbocycles. The number of ether oxygens (including phenoxy) is 1. The average molecular weight is 344 g/mol. The number of aryl methyl sites for hydroxylation is 1. The molecular formula is C19H21FN2O3. The standard InChI is InChI=1S/C19H21FN2O3/c1-2-14-5-3-4-6-17(14)25-13-19(24)22(12-11-18(21)23)16-9-7-15(20)8-10-16/h3-10H,2,11-13H2,1H3,(H2,21,23). The number of primary amides is 1. The maximum atomic E-state index is 13.1. The Morgan fingerprint density at radius 3 is 2.44 bits per heavy atom. The maximum absolute atomic E-state index is 13.1. The monoisotopic (exact) mass is 344 g/mol. The molecule has 0 saturated heterocycles. The minimum absolute atomic E-state index is 0.00859. The van der Waals surface area contributed by atoms with E-state index in [-0.39, 0.29) is 25.5 Å². The first-order chi connectivity index (χ1) is 12.0. The average Bonchev–Trinajstić information content (AvgIpc) is 2.61. The summed E-state index contributed by atoms with van der Waals surface area (Å²) in [5.74, 6) is -0.609. The number of carbonyl (C=O) groups is 2. The van der Waals surface area contributed by atoms with E-state index in [1.54, 1.807) is 6.07 Å². The molecule has 0 unspecified atom stereocenters. The fraction of sp³-hybridized carbons (Fsp3) is 0.263. The van der Waals surface area contributed by atoms with Crippen LogP contribution < -0.4 is 15.4 Å². The zero-order chi connectivity index (χ0) is 18.2. The van der Waals surface area contributed by atoms with Crippen LogP contribution in [0, 0.1) is 5.82 Å². The van der Waals surface area contributed by atoms with Gasteiger partial charge < -0.3 is 15.4 Å². The van der Waals surface area contributed by atoms with Crippen molar-refractivity contribution in [3.63, 3.8) is 0 Å². The van der Waals surface area contributed by atoms with Gasteiger partial charge in [-0.3, -0.25) is 9.59 Å². The summed E-state index contributed by atoms with van der Waals surface area (Å²) >= 11 is 0. The van der Waals surface area contributed by atoms with Crippen molar-refractivity contribution in [2.24, 2.45) is 5.73 Å². The van der Waals surface area contributed by atoms with Gasteiger partial charge in [0.2, 0.25) is 5.91 Å². The Balaban J connectivity index is 2.11. The molecule has 0 atom stereocenters. The normalized spacial score (nSPS) is 10.3.